The lowest BCUT2D eigenvalue weighted by Crippen LogP contribution is -2.37. The van der Waals surface area contributed by atoms with E-state index in [4.69, 9.17) is 28.9 Å². The highest BCUT2D eigenvalue weighted by molar-refractivity contribution is 6.42. The third kappa shape index (κ3) is 2.80. The summed E-state index contributed by atoms with van der Waals surface area (Å²) in [7, 11) is 0. The number of carbonyl (C=O) groups is 1. The Bertz CT molecular complexity index is 419. The molecule has 0 atom stereocenters. The van der Waals surface area contributed by atoms with Gasteiger partial charge in [0.1, 0.15) is 0 Å². The number of hydrogen-bond donors (Lipinski definition) is 2. The van der Waals surface area contributed by atoms with Gasteiger partial charge in [0.25, 0.3) is 0 Å². The van der Waals surface area contributed by atoms with Gasteiger partial charge >= 0.3 is 0 Å². The summed E-state index contributed by atoms with van der Waals surface area (Å²) in [6.07, 6.45) is 1.47. The average Bonchev–Trinajstić information content (AvgIpc) is 2.92. The van der Waals surface area contributed by atoms with Crippen LogP contribution in [0.25, 0.3) is 0 Å². The van der Waals surface area contributed by atoms with Crippen LogP contribution in [0, 0.1) is 0 Å². The molecule has 1 saturated carbocycles. The summed E-state index contributed by atoms with van der Waals surface area (Å²) in [5, 5.41) is 3.58. The van der Waals surface area contributed by atoms with E-state index < -0.39 is 5.54 Å². The van der Waals surface area contributed by atoms with Crippen molar-refractivity contribution in [3.63, 3.8) is 0 Å². The molecule has 3 nitrogen and oxygen atoms in total. The van der Waals surface area contributed by atoms with E-state index in [-0.39, 0.29) is 18.3 Å². The van der Waals surface area contributed by atoms with Crippen molar-refractivity contribution in [3.8, 4) is 0 Å². The van der Waals surface area contributed by atoms with Gasteiger partial charge in [0.15, 0.2) is 0 Å². The first-order chi connectivity index (χ1) is 7.01. The van der Waals surface area contributed by atoms with Crippen LogP contribution in [-0.2, 0) is 4.79 Å². The summed E-state index contributed by atoms with van der Waals surface area (Å²) in [5.41, 5.74) is 5.68. The van der Waals surface area contributed by atoms with Crippen molar-refractivity contribution in [2.45, 2.75) is 18.4 Å². The first-order valence-corrected chi connectivity index (χ1v) is 5.32. The summed E-state index contributed by atoms with van der Waals surface area (Å²) in [6, 6.07) is 4.93. The Hall–Kier alpha value is -0.480. The van der Waals surface area contributed by atoms with Crippen molar-refractivity contribution >= 4 is 47.2 Å². The molecule has 16 heavy (non-hydrogen) atoms. The molecule has 0 unspecified atom stereocenters. The first-order valence-electron chi connectivity index (χ1n) is 4.57. The molecule has 0 radical (unpaired) electrons. The summed E-state index contributed by atoms with van der Waals surface area (Å²) >= 11 is 11.6. The van der Waals surface area contributed by atoms with Crippen LogP contribution >= 0.6 is 35.6 Å². The van der Waals surface area contributed by atoms with E-state index >= 15 is 0 Å². The Labute approximate surface area is 110 Å². The lowest BCUT2D eigenvalue weighted by atomic mass is 10.2. The van der Waals surface area contributed by atoms with E-state index in [2.05, 4.69) is 5.32 Å². The fourth-order valence-electron chi connectivity index (χ4n) is 1.19. The molecule has 1 fully saturated rings. The Morgan fingerprint density at radius 3 is 2.44 bits per heavy atom. The number of benzene rings is 1. The lowest BCUT2D eigenvalue weighted by molar-refractivity contribution is -0.118. The molecule has 0 aliphatic heterocycles. The number of halogens is 3. The first kappa shape index (κ1) is 13.6. The van der Waals surface area contributed by atoms with Crippen molar-refractivity contribution in [1.82, 2.24) is 0 Å². The van der Waals surface area contributed by atoms with Gasteiger partial charge in [-0.3, -0.25) is 4.79 Å². The Morgan fingerprint density at radius 1 is 1.31 bits per heavy atom. The van der Waals surface area contributed by atoms with E-state index in [9.17, 15) is 4.79 Å². The largest absolute Gasteiger partial charge is 0.324 e. The molecule has 2 rings (SSSR count). The quantitative estimate of drug-likeness (QED) is 0.876. The maximum atomic E-state index is 11.6. The Balaban J connectivity index is 0.00000128. The van der Waals surface area contributed by atoms with Gasteiger partial charge < -0.3 is 11.1 Å². The van der Waals surface area contributed by atoms with Gasteiger partial charge in [-0.25, -0.2) is 0 Å². The summed E-state index contributed by atoms with van der Waals surface area (Å²) in [4.78, 5) is 11.6. The molecule has 88 valence electrons. The van der Waals surface area contributed by atoms with Crippen LogP contribution in [0.3, 0.4) is 0 Å². The second-order valence-corrected chi connectivity index (χ2v) is 4.55. The molecule has 6 heteroatoms. The fourth-order valence-corrected chi connectivity index (χ4v) is 1.49. The molecule has 1 amide bonds. The maximum Gasteiger partial charge on any atom is 0.244 e. The van der Waals surface area contributed by atoms with Crippen molar-refractivity contribution in [2.24, 2.45) is 5.73 Å². The molecule has 0 bridgehead atoms. The lowest BCUT2D eigenvalue weighted by Gasteiger charge is -2.10. The van der Waals surface area contributed by atoms with Crippen molar-refractivity contribution in [2.75, 3.05) is 5.32 Å². The van der Waals surface area contributed by atoms with E-state index in [0.717, 1.165) is 12.8 Å². The van der Waals surface area contributed by atoms with E-state index in [1.807, 2.05) is 0 Å². The molecular formula is C10H11Cl3N2O. The monoisotopic (exact) mass is 280 g/mol. The zero-order valence-electron chi connectivity index (χ0n) is 8.30. The van der Waals surface area contributed by atoms with Crippen LogP contribution in [0.1, 0.15) is 12.8 Å². The summed E-state index contributed by atoms with van der Waals surface area (Å²) in [5.74, 6) is -0.166. The molecule has 0 heterocycles. The molecule has 3 N–H and O–H groups in total. The number of hydrogen-bond acceptors (Lipinski definition) is 2. The summed E-state index contributed by atoms with van der Waals surface area (Å²) < 4.78 is 0. The molecule has 1 aliphatic rings. The molecule has 0 spiro atoms. The van der Waals surface area contributed by atoms with Gasteiger partial charge in [0, 0.05) is 5.69 Å². The zero-order valence-corrected chi connectivity index (χ0v) is 10.6. The topological polar surface area (TPSA) is 55.1 Å². The molecule has 1 aromatic carbocycles. The van der Waals surface area contributed by atoms with Crippen molar-refractivity contribution in [3.05, 3.63) is 28.2 Å². The van der Waals surface area contributed by atoms with E-state index in [1.165, 1.54) is 0 Å². The molecular weight excluding hydrogens is 270 g/mol. The normalized spacial score (nSPS) is 16.2. The van der Waals surface area contributed by atoms with Gasteiger partial charge in [-0.2, -0.15) is 0 Å². The standard InChI is InChI=1S/C10H10Cl2N2O.ClH/c11-7-2-1-6(5-8(7)12)14-9(15)10(13)3-4-10;/h1-2,5H,3-4,13H2,(H,14,15);1H. The molecule has 0 aromatic heterocycles. The highest BCUT2D eigenvalue weighted by Gasteiger charge is 2.45. The maximum absolute atomic E-state index is 11.6. The fraction of sp³-hybridized carbons (Fsp3) is 0.300. The molecule has 1 aliphatic carbocycles. The van der Waals surface area contributed by atoms with Gasteiger partial charge in [0.2, 0.25) is 5.91 Å². The smallest absolute Gasteiger partial charge is 0.244 e. The number of rotatable bonds is 2. The van der Waals surface area contributed by atoms with Crippen LogP contribution in [-0.4, -0.2) is 11.4 Å². The number of nitrogens with one attached hydrogen (secondary N) is 1. The minimum atomic E-state index is -0.674. The van der Waals surface area contributed by atoms with E-state index in [0.29, 0.717) is 15.7 Å². The third-order valence-corrected chi connectivity index (χ3v) is 3.16. The van der Waals surface area contributed by atoms with Crippen molar-refractivity contribution in [1.29, 1.82) is 0 Å². The number of carbonyl (C=O) groups excluding carboxylic acids is 1. The summed E-state index contributed by atoms with van der Waals surface area (Å²) in [6.45, 7) is 0. The second-order valence-electron chi connectivity index (χ2n) is 3.74. The minimum Gasteiger partial charge on any atom is -0.324 e. The van der Waals surface area contributed by atoms with Crippen LogP contribution in [0.5, 0.6) is 0 Å². The SMILES string of the molecule is Cl.NC1(C(=O)Nc2ccc(Cl)c(Cl)c2)CC1. The Kier molecular flexibility index (Phi) is 4.07. The molecule has 0 saturated heterocycles. The predicted octanol–water partition coefficient (Wildman–Crippen LogP) is 2.85. The molecule has 1 aromatic rings. The minimum absolute atomic E-state index is 0. The van der Waals surface area contributed by atoms with Gasteiger partial charge in [-0.15, -0.1) is 12.4 Å². The number of nitrogens with two attached hydrogens (primary N) is 1. The van der Waals surface area contributed by atoms with E-state index in [1.54, 1.807) is 18.2 Å². The third-order valence-electron chi connectivity index (χ3n) is 2.42. The van der Waals surface area contributed by atoms with Crippen LogP contribution in [0.2, 0.25) is 10.0 Å². The number of anilines is 1. The number of amides is 1. The highest BCUT2D eigenvalue weighted by Crippen LogP contribution is 2.34. The van der Waals surface area contributed by atoms with Crippen LogP contribution < -0.4 is 11.1 Å². The second kappa shape index (κ2) is 4.80. The van der Waals surface area contributed by atoms with Crippen LogP contribution in [0.4, 0.5) is 5.69 Å². The highest BCUT2D eigenvalue weighted by atomic mass is 35.5. The van der Waals surface area contributed by atoms with Gasteiger partial charge in [0.05, 0.1) is 15.6 Å². The zero-order chi connectivity index (χ0) is 11.1. The van der Waals surface area contributed by atoms with Gasteiger partial charge in [-0.05, 0) is 31.0 Å². The van der Waals surface area contributed by atoms with Crippen LogP contribution in [0.15, 0.2) is 18.2 Å². The van der Waals surface area contributed by atoms with Gasteiger partial charge in [-0.1, -0.05) is 23.2 Å². The Morgan fingerprint density at radius 2 is 1.94 bits per heavy atom. The average molecular weight is 282 g/mol. The predicted molar refractivity (Wildman–Crippen MR) is 68.5 cm³/mol. The van der Waals surface area contributed by atoms with Crippen molar-refractivity contribution < 1.29 is 4.79 Å².